The number of esters is 1. The number of thioether (sulfide) groups is 1. The van der Waals surface area contributed by atoms with Crippen LogP contribution in [-0.2, 0) is 9.53 Å². The first-order valence-corrected chi connectivity index (χ1v) is 5.80. The molecule has 1 heterocycles. The Morgan fingerprint density at radius 2 is 2.00 bits per heavy atom. The highest BCUT2D eigenvalue weighted by Crippen LogP contribution is 2.20. The molecule has 3 nitrogen and oxygen atoms in total. The molecule has 15 heavy (non-hydrogen) atoms. The van der Waals surface area contributed by atoms with E-state index in [1.807, 2.05) is 26.0 Å². The van der Waals surface area contributed by atoms with Gasteiger partial charge in [-0.3, -0.25) is 4.79 Å². The van der Waals surface area contributed by atoms with Crippen molar-refractivity contribution in [2.45, 2.75) is 25.7 Å². The van der Waals surface area contributed by atoms with Gasteiger partial charge >= 0.3 is 17.5 Å². The van der Waals surface area contributed by atoms with E-state index >= 15 is 0 Å². The lowest BCUT2D eigenvalue weighted by molar-refractivity contribution is -0.139. The molecule has 0 fully saturated rings. The molecule has 1 aromatic heterocycles. The zero-order valence-corrected chi connectivity index (χ0v) is 10.0. The van der Waals surface area contributed by atoms with Crippen LogP contribution < -0.4 is 0 Å². The summed E-state index contributed by atoms with van der Waals surface area (Å²) in [5.74, 6) is 1.86. The van der Waals surface area contributed by atoms with E-state index in [1.165, 1.54) is 11.8 Å². The highest BCUT2D eigenvalue weighted by molar-refractivity contribution is 8.00. The van der Waals surface area contributed by atoms with E-state index in [4.69, 9.17) is 9.15 Å². The molecule has 0 aromatic carbocycles. The third-order valence-corrected chi connectivity index (χ3v) is 2.62. The normalized spacial score (nSPS) is 10.1. The molecule has 0 N–H and O–H groups in total. The molecule has 0 amide bonds. The predicted molar refractivity (Wildman–Crippen MR) is 59.9 cm³/mol. The summed E-state index contributed by atoms with van der Waals surface area (Å²) in [6.07, 6.45) is 0. The van der Waals surface area contributed by atoms with E-state index in [9.17, 15) is 4.79 Å². The van der Waals surface area contributed by atoms with Crippen molar-refractivity contribution in [2.75, 3.05) is 12.4 Å². The molecular formula is C11H15O3S+. The van der Waals surface area contributed by atoms with E-state index in [2.05, 4.69) is 0 Å². The summed E-state index contributed by atoms with van der Waals surface area (Å²) in [5.41, 5.74) is 0. The van der Waals surface area contributed by atoms with Gasteiger partial charge in [-0.05, 0) is 6.92 Å². The molecule has 0 aliphatic carbocycles. The van der Waals surface area contributed by atoms with E-state index < -0.39 is 0 Å². The van der Waals surface area contributed by atoms with Crippen molar-refractivity contribution in [1.29, 1.82) is 0 Å². The van der Waals surface area contributed by atoms with Crippen LogP contribution in [0.1, 0.15) is 18.4 Å². The molecule has 0 bridgehead atoms. The van der Waals surface area contributed by atoms with Crippen molar-refractivity contribution in [1.82, 2.24) is 0 Å². The molecule has 0 spiro atoms. The second kappa shape index (κ2) is 5.75. The Labute approximate surface area is 93.8 Å². The molecule has 0 unspecified atom stereocenters. The zero-order chi connectivity index (χ0) is 11.3. The summed E-state index contributed by atoms with van der Waals surface area (Å²) >= 11 is 1.46. The van der Waals surface area contributed by atoms with Crippen LogP contribution in [0.3, 0.4) is 0 Å². The van der Waals surface area contributed by atoms with Gasteiger partial charge in [-0.2, -0.15) is 0 Å². The molecule has 1 aromatic rings. The van der Waals surface area contributed by atoms with Crippen molar-refractivity contribution in [3.05, 3.63) is 23.7 Å². The Balaban J connectivity index is 2.54. The molecule has 82 valence electrons. The third kappa shape index (κ3) is 4.34. The smallest absolute Gasteiger partial charge is 0.327 e. The van der Waals surface area contributed by atoms with Crippen LogP contribution in [0.2, 0.25) is 0 Å². The maximum atomic E-state index is 11.1. The Morgan fingerprint density at radius 3 is 2.53 bits per heavy atom. The lowest BCUT2D eigenvalue weighted by Gasteiger charge is -2.00. The summed E-state index contributed by atoms with van der Waals surface area (Å²) in [5, 5.41) is 0. The summed E-state index contributed by atoms with van der Waals surface area (Å²) in [6, 6.07) is 3.83. The largest absolute Gasteiger partial charge is 0.465 e. The molecule has 0 atom stereocenters. The second-order valence-corrected chi connectivity index (χ2v) is 4.16. The Hall–Kier alpha value is -1.03. The quantitative estimate of drug-likeness (QED) is 0.450. The molecule has 0 saturated carbocycles. The molecule has 0 aliphatic heterocycles. The highest BCUT2D eigenvalue weighted by Gasteiger charge is 2.10. The van der Waals surface area contributed by atoms with Crippen molar-refractivity contribution < 1.29 is 13.9 Å². The number of rotatable bonds is 4. The molecule has 1 rings (SSSR count). The van der Waals surface area contributed by atoms with E-state index in [-0.39, 0.29) is 5.97 Å². The Bertz CT molecular complexity index is 329. The van der Waals surface area contributed by atoms with E-state index in [0.717, 1.165) is 16.4 Å². The first kappa shape index (κ1) is 12.0. The molecular weight excluding hydrogens is 212 g/mol. The maximum absolute atomic E-state index is 11.1. The first-order chi connectivity index (χ1) is 7.11. The SMILES string of the molecule is CCOC(=O)CSc1cc(C)[o+]c(C)c1. The van der Waals surface area contributed by atoms with Gasteiger partial charge < -0.3 is 4.74 Å². The lowest BCUT2D eigenvalue weighted by atomic mass is 10.4. The van der Waals surface area contributed by atoms with Gasteiger partial charge in [-0.15, -0.1) is 11.8 Å². The predicted octanol–water partition coefficient (Wildman–Crippen LogP) is 2.83. The fourth-order valence-corrected chi connectivity index (χ4v) is 2.05. The fourth-order valence-electron chi connectivity index (χ4n) is 1.18. The van der Waals surface area contributed by atoms with Gasteiger partial charge in [0.05, 0.1) is 38.3 Å². The topological polar surface area (TPSA) is 37.6 Å². The maximum Gasteiger partial charge on any atom is 0.327 e. The van der Waals surface area contributed by atoms with Crippen LogP contribution in [0, 0.1) is 13.8 Å². The minimum atomic E-state index is -0.182. The Morgan fingerprint density at radius 1 is 1.40 bits per heavy atom. The number of hydrogen-bond acceptors (Lipinski definition) is 3. The molecule has 4 heteroatoms. The fraction of sp³-hybridized carbons (Fsp3) is 0.455. The third-order valence-electron chi connectivity index (χ3n) is 1.68. The molecule has 0 aliphatic rings. The molecule has 0 radical (unpaired) electrons. The van der Waals surface area contributed by atoms with Gasteiger partial charge in [-0.1, -0.05) is 0 Å². The minimum absolute atomic E-state index is 0.182. The average molecular weight is 227 g/mol. The van der Waals surface area contributed by atoms with Gasteiger partial charge in [-0.25, -0.2) is 4.42 Å². The van der Waals surface area contributed by atoms with E-state index in [0.29, 0.717) is 12.4 Å². The number of carbonyl (C=O) groups excluding carboxylic acids is 1. The van der Waals surface area contributed by atoms with Crippen molar-refractivity contribution in [3.8, 4) is 0 Å². The first-order valence-electron chi connectivity index (χ1n) is 4.81. The summed E-state index contributed by atoms with van der Waals surface area (Å²) in [4.78, 5) is 12.2. The monoisotopic (exact) mass is 227 g/mol. The second-order valence-electron chi connectivity index (χ2n) is 3.11. The number of aryl methyl sites for hydroxylation is 2. The van der Waals surface area contributed by atoms with Crippen LogP contribution in [0.25, 0.3) is 0 Å². The molecule has 0 saturated heterocycles. The van der Waals surface area contributed by atoms with Crippen LogP contribution in [-0.4, -0.2) is 18.3 Å². The van der Waals surface area contributed by atoms with Gasteiger partial charge in [0, 0.05) is 4.90 Å². The zero-order valence-electron chi connectivity index (χ0n) is 9.20. The van der Waals surface area contributed by atoms with Gasteiger partial charge in [0.2, 0.25) is 0 Å². The average Bonchev–Trinajstić information content (AvgIpc) is 2.14. The summed E-state index contributed by atoms with van der Waals surface area (Å²) in [6.45, 7) is 6.02. The van der Waals surface area contributed by atoms with Crippen LogP contribution >= 0.6 is 11.8 Å². The Kier molecular flexibility index (Phi) is 4.62. The summed E-state index contributed by atoms with van der Waals surface area (Å²) in [7, 11) is 0. The number of carbonyl (C=O) groups is 1. The number of hydrogen-bond donors (Lipinski definition) is 0. The number of ether oxygens (including phenoxy) is 1. The van der Waals surface area contributed by atoms with Crippen molar-refractivity contribution in [2.24, 2.45) is 0 Å². The van der Waals surface area contributed by atoms with Crippen molar-refractivity contribution >= 4 is 17.7 Å². The summed E-state index contributed by atoms with van der Waals surface area (Å²) < 4.78 is 10.2. The minimum Gasteiger partial charge on any atom is -0.465 e. The highest BCUT2D eigenvalue weighted by atomic mass is 32.2. The van der Waals surface area contributed by atoms with E-state index in [1.54, 1.807) is 6.92 Å². The lowest BCUT2D eigenvalue weighted by Crippen LogP contribution is -2.06. The van der Waals surface area contributed by atoms with Crippen LogP contribution in [0.4, 0.5) is 0 Å². The van der Waals surface area contributed by atoms with Crippen LogP contribution in [0.15, 0.2) is 21.4 Å². The van der Waals surface area contributed by atoms with Gasteiger partial charge in [0.25, 0.3) is 0 Å². The van der Waals surface area contributed by atoms with Crippen LogP contribution in [0.5, 0.6) is 0 Å². The standard InChI is InChI=1S/C11H15O3S/c1-4-13-11(12)7-15-10-5-8(2)14-9(3)6-10/h5-6H,4,7H2,1-3H3/q+1. The van der Waals surface area contributed by atoms with Gasteiger partial charge in [0.1, 0.15) is 0 Å². The van der Waals surface area contributed by atoms with Crippen molar-refractivity contribution in [3.63, 3.8) is 0 Å². The van der Waals surface area contributed by atoms with Gasteiger partial charge in [0.15, 0.2) is 0 Å².